The number of anilines is 1. The van der Waals surface area contributed by atoms with Crippen LogP contribution < -0.4 is 5.32 Å². The third kappa shape index (κ3) is 3.20. The molecule has 4 nitrogen and oxygen atoms in total. The van der Waals surface area contributed by atoms with Gasteiger partial charge in [0.15, 0.2) is 0 Å². The average Bonchev–Trinajstić information content (AvgIpc) is 2.36. The average molecular weight is 243 g/mol. The van der Waals surface area contributed by atoms with E-state index in [1.165, 1.54) is 5.56 Å². The molecule has 0 fully saturated rings. The summed E-state index contributed by atoms with van der Waals surface area (Å²) in [6, 6.07) is 7.24. The highest BCUT2D eigenvalue weighted by atomic mass is 16.3. The number of nitrogens with one attached hydrogen (secondary N) is 1. The van der Waals surface area contributed by atoms with Gasteiger partial charge in [0.2, 0.25) is 0 Å². The molecule has 2 aromatic rings. The molecule has 1 aromatic carbocycles. The van der Waals surface area contributed by atoms with Gasteiger partial charge in [0.1, 0.15) is 11.6 Å². The number of aromatic hydroxyl groups is 1. The van der Waals surface area contributed by atoms with Crippen molar-refractivity contribution >= 4 is 5.82 Å². The van der Waals surface area contributed by atoms with E-state index >= 15 is 0 Å². The summed E-state index contributed by atoms with van der Waals surface area (Å²) in [4.78, 5) is 8.66. The van der Waals surface area contributed by atoms with Crippen molar-refractivity contribution in [1.29, 1.82) is 0 Å². The van der Waals surface area contributed by atoms with E-state index in [0.717, 1.165) is 30.2 Å². The first-order valence-corrected chi connectivity index (χ1v) is 5.97. The van der Waals surface area contributed by atoms with Crippen molar-refractivity contribution in [2.24, 2.45) is 0 Å². The maximum absolute atomic E-state index is 9.18. The molecule has 0 aliphatic carbocycles. The van der Waals surface area contributed by atoms with Crippen LogP contribution >= 0.6 is 0 Å². The van der Waals surface area contributed by atoms with E-state index in [1.807, 2.05) is 26.0 Å². The summed E-state index contributed by atoms with van der Waals surface area (Å²) in [5.74, 6) is 1.10. The Morgan fingerprint density at radius 1 is 1.11 bits per heavy atom. The second-order valence-corrected chi connectivity index (χ2v) is 4.27. The molecule has 4 heteroatoms. The number of phenols is 1. The maximum atomic E-state index is 9.18. The number of rotatable bonds is 4. The van der Waals surface area contributed by atoms with E-state index in [-0.39, 0.29) is 0 Å². The van der Waals surface area contributed by atoms with Gasteiger partial charge in [0.05, 0.1) is 17.6 Å². The molecule has 2 rings (SSSR count). The smallest absolute Gasteiger partial charge is 0.144 e. The molecule has 0 saturated carbocycles. The minimum atomic E-state index is 0.298. The summed E-state index contributed by atoms with van der Waals surface area (Å²) in [6.45, 7) is 4.69. The van der Waals surface area contributed by atoms with Crippen LogP contribution in [-0.2, 0) is 6.42 Å². The van der Waals surface area contributed by atoms with Gasteiger partial charge in [-0.2, -0.15) is 0 Å². The molecular weight excluding hydrogens is 226 g/mol. The predicted octanol–water partition coefficient (Wildman–Crippen LogP) is 2.45. The van der Waals surface area contributed by atoms with E-state index in [4.69, 9.17) is 0 Å². The molecule has 94 valence electrons. The minimum Gasteiger partial charge on any atom is -0.508 e. The molecule has 0 radical (unpaired) electrons. The van der Waals surface area contributed by atoms with Crippen molar-refractivity contribution < 1.29 is 5.11 Å². The summed E-state index contributed by atoms with van der Waals surface area (Å²) >= 11 is 0. The fourth-order valence-corrected chi connectivity index (χ4v) is 1.62. The van der Waals surface area contributed by atoms with Crippen LogP contribution in [0.4, 0.5) is 5.82 Å². The lowest BCUT2D eigenvalue weighted by atomic mass is 10.1. The van der Waals surface area contributed by atoms with E-state index in [9.17, 15) is 5.11 Å². The van der Waals surface area contributed by atoms with Crippen molar-refractivity contribution in [3.63, 3.8) is 0 Å². The Balaban J connectivity index is 1.88. The van der Waals surface area contributed by atoms with Crippen molar-refractivity contribution in [2.45, 2.75) is 20.3 Å². The highest BCUT2D eigenvalue weighted by Gasteiger charge is 1.99. The number of phenolic OH excluding ortho intramolecular Hbond substituents is 1. The monoisotopic (exact) mass is 243 g/mol. The fraction of sp³-hybridized carbons (Fsp3) is 0.286. The first-order valence-electron chi connectivity index (χ1n) is 5.97. The summed E-state index contributed by atoms with van der Waals surface area (Å²) in [6.07, 6.45) is 2.63. The van der Waals surface area contributed by atoms with Crippen LogP contribution in [-0.4, -0.2) is 21.6 Å². The summed E-state index contributed by atoms with van der Waals surface area (Å²) in [5, 5.41) is 12.4. The number of aromatic nitrogens is 2. The Bertz CT molecular complexity index is 523. The van der Waals surface area contributed by atoms with Gasteiger partial charge in [-0.1, -0.05) is 12.1 Å². The van der Waals surface area contributed by atoms with Gasteiger partial charge < -0.3 is 10.4 Å². The zero-order valence-electron chi connectivity index (χ0n) is 10.6. The molecule has 1 aromatic heterocycles. The molecule has 0 aliphatic rings. The predicted molar refractivity (Wildman–Crippen MR) is 71.8 cm³/mol. The molecule has 0 unspecified atom stereocenters. The Labute approximate surface area is 107 Å². The Kier molecular flexibility index (Phi) is 3.77. The van der Waals surface area contributed by atoms with Crippen LogP contribution in [0.25, 0.3) is 0 Å². The zero-order valence-corrected chi connectivity index (χ0v) is 10.6. The quantitative estimate of drug-likeness (QED) is 0.866. The van der Waals surface area contributed by atoms with Crippen LogP contribution in [0, 0.1) is 13.8 Å². The lowest BCUT2D eigenvalue weighted by molar-refractivity contribution is 0.475. The van der Waals surface area contributed by atoms with Gasteiger partial charge in [-0.15, -0.1) is 0 Å². The molecule has 0 amide bonds. The first kappa shape index (κ1) is 12.4. The molecular formula is C14H17N3O. The van der Waals surface area contributed by atoms with Gasteiger partial charge in [-0.05, 0) is 38.0 Å². The lowest BCUT2D eigenvalue weighted by Gasteiger charge is -2.07. The zero-order chi connectivity index (χ0) is 13.0. The van der Waals surface area contributed by atoms with Crippen LogP contribution in [0.2, 0.25) is 0 Å². The molecule has 1 heterocycles. The Morgan fingerprint density at radius 2 is 1.83 bits per heavy atom. The number of hydrogen-bond acceptors (Lipinski definition) is 4. The standard InChI is InChI=1S/C14H17N3O/c1-10-11(2)17-14(9-16-10)15-8-7-12-3-5-13(18)6-4-12/h3-6,9,18H,7-8H2,1-2H3,(H,15,17). The number of nitrogens with zero attached hydrogens (tertiary/aromatic N) is 2. The molecule has 18 heavy (non-hydrogen) atoms. The minimum absolute atomic E-state index is 0.298. The van der Waals surface area contributed by atoms with E-state index in [0.29, 0.717) is 5.75 Å². The lowest BCUT2D eigenvalue weighted by Crippen LogP contribution is -2.07. The van der Waals surface area contributed by atoms with Gasteiger partial charge in [0.25, 0.3) is 0 Å². The second kappa shape index (κ2) is 5.49. The van der Waals surface area contributed by atoms with Gasteiger partial charge in [-0.25, -0.2) is 4.98 Å². The van der Waals surface area contributed by atoms with Gasteiger partial charge in [0, 0.05) is 6.54 Å². The van der Waals surface area contributed by atoms with Crippen molar-refractivity contribution in [3.8, 4) is 5.75 Å². The molecule has 0 saturated heterocycles. The van der Waals surface area contributed by atoms with E-state index in [2.05, 4.69) is 15.3 Å². The molecule has 0 aliphatic heterocycles. The van der Waals surface area contributed by atoms with Crippen LogP contribution in [0.3, 0.4) is 0 Å². The third-order valence-electron chi connectivity index (χ3n) is 2.85. The van der Waals surface area contributed by atoms with Crippen LogP contribution in [0.5, 0.6) is 5.75 Å². The second-order valence-electron chi connectivity index (χ2n) is 4.27. The van der Waals surface area contributed by atoms with Crippen molar-refractivity contribution in [2.75, 3.05) is 11.9 Å². The summed E-state index contributed by atoms with van der Waals surface area (Å²) < 4.78 is 0. The van der Waals surface area contributed by atoms with Crippen molar-refractivity contribution in [3.05, 3.63) is 47.4 Å². The summed E-state index contributed by atoms with van der Waals surface area (Å²) in [7, 11) is 0. The van der Waals surface area contributed by atoms with Crippen molar-refractivity contribution in [1.82, 2.24) is 9.97 Å². The maximum Gasteiger partial charge on any atom is 0.144 e. The first-order chi connectivity index (χ1) is 8.65. The molecule has 2 N–H and O–H groups in total. The number of hydrogen-bond donors (Lipinski definition) is 2. The number of benzene rings is 1. The highest BCUT2D eigenvalue weighted by Crippen LogP contribution is 2.10. The Morgan fingerprint density at radius 3 is 2.50 bits per heavy atom. The van der Waals surface area contributed by atoms with E-state index in [1.54, 1.807) is 18.3 Å². The third-order valence-corrected chi connectivity index (χ3v) is 2.85. The normalized spacial score (nSPS) is 10.3. The highest BCUT2D eigenvalue weighted by molar-refractivity contribution is 5.34. The van der Waals surface area contributed by atoms with E-state index < -0.39 is 0 Å². The number of aryl methyl sites for hydroxylation is 2. The molecule has 0 bridgehead atoms. The Hall–Kier alpha value is -2.10. The SMILES string of the molecule is Cc1ncc(NCCc2ccc(O)cc2)nc1C. The van der Waals surface area contributed by atoms with Crippen LogP contribution in [0.15, 0.2) is 30.5 Å². The largest absolute Gasteiger partial charge is 0.508 e. The summed E-state index contributed by atoms with van der Waals surface area (Å²) in [5.41, 5.74) is 3.08. The molecule has 0 atom stereocenters. The topological polar surface area (TPSA) is 58.0 Å². The van der Waals surface area contributed by atoms with Crippen LogP contribution in [0.1, 0.15) is 17.0 Å². The fourth-order valence-electron chi connectivity index (χ4n) is 1.62. The molecule has 0 spiro atoms. The van der Waals surface area contributed by atoms with Gasteiger partial charge in [-0.3, -0.25) is 4.98 Å². The van der Waals surface area contributed by atoms with Gasteiger partial charge >= 0.3 is 0 Å².